The molecular formula is C13H11ClF3N3O. The van der Waals surface area contributed by atoms with Crippen molar-refractivity contribution in [3.8, 4) is 0 Å². The molecule has 0 aliphatic rings. The van der Waals surface area contributed by atoms with Crippen molar-refractivity contribution < 1.29 is 17.9 Å². The lowest BCUT2D eigenvalue weighted by atomic mass is 10.3. The highest BCUT2D eigenvalue weighted by molar-refractivity contribution is 6.29. The number of nitrogens with zero attached hydrogens (tertiary/aromatic N) is 2. The molecule has 0 unspecified atom stereocenters. The molecule has 0 bridgehead atoms. The molecule has 0 saturated heterocycles. The lowest BCUT2D eigenvalue weighted by Gasteiger charge is -2.09. The third-order valence-electron chi connectivity index (χ3n) is 2.47. The largest absolute Gasteiger partial charge is 0.374 e. The van der Waals surface area contributed by atoms with Gasteiger partial charge in [0.2, 0.25) is 0 Å². The average Bonchev–Trinajstić information content (AvgIpc) is 2.45. The summed E-state index contributed by atoms with van der Waals surface area (Å²) in [5.74, 6) is -3.73. The molecule has 1 aromatic carbocycles. The summed E-state index contributed by atoms with van der Waals surface area (Å²) < 4.78 is 44.7. The van der Waals surface area contributed by atoms with E-state index in [4.69, 9.17) is 16.3 Å². The smallest absolute Gasteiger partial charge is 0.196 e. The molecule has 112 valence electrons. The van der Waals surface area contributed by atoms with Crippen molar-refractivity contribution >= 4 is 23.1 Å². The summed E-state index contributed by atoms with van der Waals surface area (Å²) in [6.07, 6.45) is 0. The Kier molecular flexibility index (Phi) is 4.98. The fourth-order valence-corrected chi connectivity index (χ4v) is 1.75. The summed E-state index contributed by atoms with van der Waals surface area (Å²) in [5, 5.41) is 2.64. The third kappa shape index (κ3) is 3.83. The fraction of sp³-hybridized carbons (Fsp3) is 0.231. The number of hydrogen-bond acceptors (Lipinski definition) is 4. The van der Waals surface area contributed by atoms with Gasteiger partial charge in [0, 0.05) is 12.7 Å². The Hall–Kier alpha value is -1.86. The molecular weight excluding hydrogens is 307 g/mol. The minimum atomic E-state index is -1.56. The van der Waals surface area contributed by atoms with E-state index >= 15 is 0 Å². The summed E-state index contributed by atoms with van der Waals surface area (Å²) >= 11 is 5.82. The van der Waals surface area contributed by atoms with E-state index in [1.165, 1.54) is 6.07 Å². The molecule has 0 aliphatic carbocycles. The van der Waals surface area contributed by atoms with Crippen molar-refractivity contribution in [2.45, 2.75) is 13.5 Å². The summed E-state index contributed by atoms with van der Waals surface area (Å²) in [4.78, 5) is 7.97. The molecule has 2 aromatic rings. The van der Waals surface area contributed by atoms with Crippen LogP contribution in [0.2, 0.25) is 5.15 Å². The van der Waals surface area contributed by atoms with Gasteiger partial charge in [0.1, 0.15) is 17.6 Å². The molecule has 21 heavy (non-hydrogen) atoms. The van der Waals surface area contributed by atoms with Crippen LogP contribution in [0.4, 0.5) is 24.7 Å². The predicted molar refractivity (Wildman–Crippen MR) is 72.0 cm³/mol. The van der Waals surface area contributed by atoms with Gasteiger partial charge in [-0.3, -0.25) is 0 Å². The summed E-state index contributed by atoms with van der Waals surface area (Å²) in [7, 11) is 0. The fourth-order valence-electron chi connectivity index (χ4n) is 1.55. The normalized spacial score (nSPS) is 10.7. The quantitative estimate of drug-likeness (QED) is 0.672. The standard InChI is InChI=1S/C13H11ClF3N3O/c1-2-21-6-11-19-9(14)5-10(20-11)18-8-4-3-7(15)12(16)13(8)17/h3-5H,2,6H2,1H3,(H,18,19,20). The van der Waals surface area contributed by atoms with E-state index in [-0.39, 0.29) is 29.1 Å². The first-order valence-corrected chi connectivity index (χ1v) is 6.40. The van der Waals surface area contributed by atoms with Gasteiger partial charge in [-0.05, 0) is 19.1 Å². The second kappa shape index (κ2) is 6.73. The molecule has 0 aliphatic heterocycles. The molecule has 0 spiro atoms. The Morgan fingerprint density at radius 3 is 2.67 bits per heavy atom. The van der Waals surface area contributed by atoms with Gasteiger partial charge in [-0.25, -0.2) is 23.1 Å². The highest BCUT2D eigenvalue weighted by Gasteiger charge is 2.14. The van der Waals surface area contributed by atoms with Crippen LogP contribution in [-0.2, 0) is 11.3 Å². The highest BCUT2D eigenvalue weighted by Crippen LogP contribution is 2.23. The molecule has 1 heterocycles. The van der Waals surface area contributed by atoms with Crippen LogP contribution in [0.3, 0.4) is 0 Å². The van der Waals surface area contributed by atoms with E-state index in [0.29, 0.717) is 6.61 Å². The van der Waals surface area contributed by atoms with Gasteiger partial charge in [-0.15, -0.1) is 0 Å². The predicted octanol–water partition coefficient (Wildman–Crippen LogP) is 3.83. The first-order valence-electron chi connectivity index (χ1n) is 6.03. The summed E-state index contributed by atoms with van der Waals surface area (Å²) in [6, 6.07) is 3.20. The van der Waals surface area contributed by atoms with Gasteiger partial charge >= 0.3 is 0 Å². The van der Waals surface area contributed by atoms with Crippen LogP contribution < -0.4 is 5.32 Å². The molecule has 1 N–H and O–H groups in total. The number of anilines is 2. The van der Waals surface area contributed by atoms with Gasteiger partial charge in [0.25, 0.3) is 0 Å². The van der Waals surface area contributed by atoms with Crippen molar-refractivity contribution in [3.05, 3.63) is 46.6 Å². The third-order valence-corrected chi connectivity index (χ3v) is 2.67. The zero-order valence-corrected chi connectivity index (χ0v) is 11.7. The molecule has 4 nitrogen and oxygen atoms in total. The zero-order valence-electron chi connectivity index (χ0n) is 11.0. The summed E-state index contributed by atoms with van der Waals surface area (Å²) in [5.41, 5.74) is -0.258. The Morgan fingerprint density at radius 2 is 1.95 bits per heavy atom. The number of hydrogen-bond donors (Lipinski definition) is 1. The maximum atomic E-state index is 13.6. The molecule has 0 saturated carbocycles. The number of aromatic nitrogens is 2. The SMILES string of the molecule is CCOCc1nc(Cl)cc(Nc2ccc(F)c(F)c2F)n1. The molecule has 0 fully saturated rings. The average molecular weight is 318 g/mol. The minimum Gasteiger partial charge on any atom is -0.374 e. The maximum Gasteiger partial charge on any atom is 0.196 e. The maximum absolute atomic E-state index is 13.6. The van der Waals surface area contributed by atoms with Crippen molar-refractivity contribution in [3.63, 3.8) is 0 Å². The lowest BCUT2D eigenvalue weighted by molar-refractivity contribution is 0.128. The lowest BCUT2D eigenvalue weighted by Crippen LogP contribution is -2.04. The Morgan fingerprint density at radius 1 is 1.19 bits per heavy atom. The Labute approximate surface area is 123 Å². The number of nitrogens with one attached hydrogen (secondary N) is 1. The first kappa shape index (κ1) is 15.5. The van der Waals surface area contributed by atoms with Crippen LogP contribution in [0, 0.1) is 17.5 Å². The second-order valence-corrected chi connectivity index (χ2v) is 4.36. The topological polar surface area (TPSA) is 47.0 Å². The van der Waals surface area contributed by atoms with Crippen LogP contribution in [0.1, 0.15) is 12.7 Å². The number of halogens is 4. The minimum absolute atomic E-state index is 0.116. The van der Waals surface area contributed by atoms with Crippen molar-refractivity contribution in [2.75, 3.05) is 11.9 Å². The van der Waals surface area contributed by atoms with Crippen LogP contribution in [-0.4, -0.2) is 16.6 Å². The van der Waals surface area contributed by atoms with E-state index in [9.17, 15) is 13.2 Å². The highest BCUT2D eigenvalue weighted by atomic mass is 35.5. The zero-order chi connectivity index (χ0) is 15.4. The van der Waals surface area contributed by atoms with Gasteiger partial charge in [0.05, 0.1) is 5.69 Å². The second-order valence-electron chi connectivity index (χ2n) is 3.98. The van der Waals surface area contributed by atoms with Gasteiger partial charge < -0.3 is 10.1 Å². The van der Waals surface area contributed by atoms with Crippen LogP contribution in [0.15, 0.2) is 18.2 Å². The van der Waals surface area contributed by atoms with Gasteiger partial charge in [-0.1, -0.05) is 11.6 Å². The van der Waals surface area contributed by atoms with Crippen molar-refractivity contribution in [1.82, 2.24) is 9.97 Å². The molecule has 8 heteroatoms. The van der Waals surface area contributed by atoms with Gasteiger partial charge in [0.15, 0.2) is 23.3 Å². The van der Waals surface area contributed by atoms with Gasteiger partial charge in [-0.2, -0.15) is 0 Å². The number of ether oxygens (including phenoxy) is 1. The molecule has 0 atom stereocenters. The van der Waals surface area contributed by atoms with E-state index in [0.717, 1.165) is 12.1 Å². The monoisotopic (exact) mass is 317 g/mol. The number of rotatable bonds is 5. The van der Waals surface area contributed by atoms with E-state index in [1.54, 1.807) is 6.92 Å². The van der Waals surface area contributed by atoms with Crippen molar-refractivity contribution in [2.24, 2.45) is 0 Å². The molecule has 0 amide bonds. The molecule has 0 radical (unpaired) electrons. The Balaban J connectivity index is 2.27. The van der Waals surface area contributed by atoms with Crippen LogP contribution in [0.25, 0.3) is 0 Å². The van der Waals surface area contributed by atoms with Crippen LogP contribution >= 0.6 is 11.6 Å². The van der Waals surface area contributed by atoms with Crippen LogP contribution in [0.5, 0.6) is 0 Å². The van der Waals surface area contributed by atoms with E-state index in [2.05, 4.69) is 15.3 Å². The molecule has 1 aromatic heterocycles. The molecule has 2 rings (SSSR count). The summed E-state index contributed by atoms with van der Waals surface area (Å²) in [6.45, 7) is 2.41. The van der Waals surface area contributed by atoms with Crippen molar-refractivity contribution in [1.29, 1.82) is 0 Å². The van der Waals surface area contributed by atoms with E-state index < -0.39 is 17.5 Å². The van der Waals surface area contributed by atoms with E-state index in [1.807, 2.05) is 0 Å². The first-order chi connectivity index (χ1) is 10.0. The Bertz CT molecular complexity index is 655. The number of benzene rings is 1.